The minimum atomic E-state index is -3.64. The number of thioether (sulfide) groups is 1. The summed E-state index contributed by atoms with van der Waals surface area (Å²) >= 11 is 1.56. The molecule has 27 heavy (non-hydrogen) atoms. The van der Waals surface area contributed by atoms with E-state index < -0.39 is 15.9 Å². The summed E-state index contributed by atoms with van der Waals surface area (Å²) in [6.07, 6.45) is 1.94. The molecule has 2 aromatic carbocycles. The van der Waals surface area contributed by atoms with Crippen molar-refractivity contribution in [1.29, 1.82) is 0 Å². The van der Waals surface area contributed by atoms with E-state index in [0.29, 0.717) is 5.69 Å². The highest BCUT2D eigenvalue weighted by molar-refractivity contribution is 7.98. The molecule has 0 aliphatic heterocycles. The van der Waals surface area contributed by atoms with Gasteiger partial charge in [0.1, 0.15) is 0 Å². The van der Waals surface area contributed by atoms with Gasteiger partial charge >= 0.3 is 0 Å². The molecule has 2 N–H and O–H groups in total. The van der Waals surface area contributed by atoms with Crippen molar-refractivity contribution in [3.05, 3.63) is 54.1 Å². The third kappa shape index (κ3) is 5.56. The lowest BCUT2D eigenvalue weighted by Gasteiger charge is -2.12. The Morgan fingerprint density at radius 3 is 2.44 bits per heavy atom. The number of rotatable bonds is 7. The summed E-state index contributed by atoms with van der Waals surface area (Å²) in [5, 5.41) is 5.20. The number of nitrogens with zero attached hydrogens (tertiary/aromatic N) is 1. The maximum atomic E-state index is 12.2. The van der Waals surface area contributed by atoms with E-state index in [2.05, 4.69) is 10.6 Å². The van der Waals surface area contributed by atoms with Crippen molar-refractivity contribution < 1.29 is 18.0 Å². The zero-order chi connectivity index (χ0) is 20.0. The van der Waals surface area contributed by atoms with E-state index in [0.717, 1.165) is 9.20 Å². The van der Waals surface area contributed by atoms with Gasteiger partial charge in [0.05, 0.1) is 11.4 Å². The molecule has 0 aliphatic carbocycles. The number of anilines is 1. The van der Waals surface area contributed by atoms with E-state index in [1.54, 1.807) is 17.8 Å². The van der Waals surface area contributed by atoms with Gasteiger partial charge in [0.2, 0.25) is 15.9 Å². The van der Waals surface area contributed by atoms with Crippen molar-refractivity contribution in [2.24, 2.45) is 0 Å². The minimum absolute atomic E-state index is 0.0125. The Balaban J connectivity index is 2.00. The van der Waals surface area contributed by atoms with Gasteiger partial charge in [0, 0.05) is 30.2 Å². The Kier molecular flexibility index (Phi) is 7.00. The highest BCUT2D eigenvalue weighted by Crippen LogP contribution is 2.19. The summed E-state index contributed by atoms with van der Waals surface area (Å²) in [5.74, 6) is -0.905. The summed E-state index contributed by atoms with van der Waals surface area (Å²) in [6.45, 7) is -0.229. The first-order valence-electron chi connectivity index (χ1n) is 7.98. The quantitative estimate of drug-likeness (QED) is 0.685. The van der Waals surface area contributed by atoms with Crippen LogP contribution in [0.15, 0.2) is 58.3 Å². The van der Waals surface area contributed by atoms with Crippen LogP contribution in [0.3, 0.4) is 0 Å². The van der Waals surface area contributed by atoms with Crippen molar-refractivity contribution in [3.63, 3.8) is 0 Å². The van der Waals surface area contributed by atoms with Crippen LogP contribution in [-0.2, 0) is 14.8 Å². The lowest BCUT2D eigenvalue weighted by atomic mass is 10.2. The van der Waals surface area contributed by atoms with Gasteiger partial charge in [0.25, 0.3) is 5.91 Å². The van der Waals surface area contributed by atoms with E-state index >= 15 is 0 Å². The number of nitrogens with one attached hydrogen (secondary N) is 2. The molecular weight excluding hydrogens is 386 g/mol. The molecule has 0 unspecified atom stereocenters. The lowest BCUT2D eigenvalue weighted by Crippen LogP contribution is -2.33. The van der Waals surface area contributed by atoms with Crippen LogP contribution in [0.2, 0.25) is 0 Å². The Hall–Kier alpha value is -2.36. The number of carbonyl (C=O) groups excluding carboxylic acids is 2. The first-order chi connectivity index (χ1) is 12.7. The number of benzene rings is 2. The van der Waals surface area contributed by atoms with Crippen LogP contribution in [0.4, 0.5) is 5.69 Å². The number of sulfonamides is 1. The maximum absolute atomic E-state index is 12.2. The standard InChI is InChI=1S/C18H21N3O4S2/c1-21(2)27(24,25)16-9-4-6-13(10-16)18(23)19-12-17(22)20-14-7-5-8-15(11-14)26-3/h4-11H,12H2,1-3H3,(H,19,23)(H,20,22). The van der Waals surface area contributed by atoms with E-state index in [9.17, 15) is 18.0 Å². The summed E-state index contributed by atoms with van der Waals surface area (Å²) in [5.41, 5.74) is 0.801. The molecule has 0 heterocycles. The molecule has 144 valence electrons. The number of hydrogen-bond acceptors (Lipinski definition) is 5. The van der Waals surface area contributed by atoms with Crippen LogP contribution < -0.4 is 10.6 Å². The Morgan fingerprint density at radius 1 is 1.07 bits per heavy atom. The lowest BCUT2D eigenvalue weighted by molar-refractivity contribution is -0.115. The van der Waals surface area contributed by atoms with Crippen molar-refractivity contribution in [1.82, 2.24) is 9.62 Å². The van der Waals surface area contributed by atoms with Crippen LogP contribution in [0.1, 0.15) is 10.4 Å². The van der Waals surface area contributed by atoms with Crippen molar-refractivity contribution in [2.45, 2.75) is 9.79 Å². The van der Waals surface area contributed by atoms with E-state index in [-0.39, 0.29) is 22.9 Å². The smallest absolute Gasteiger partial charge is 0.251 e. The molecule has 0 radical (unpaired) electrons. The van der Waals surface area contributed by atoms with Gasteiger partial charge in [-0.3, -0.25) is 9.59 Å². The molecule has 7 nitrogen and oxygen atoms in total. The van der Waals surface area contributed by atoms with Crippen LogP contribution >= 0.6 is 11.8 Å². The molecule has 0 aromatic heterocycles. The van der Waals surface area contributed by atoms with Crippen molar-refractivity contribution >= 4 is 39.3 Å². The topological polar surface area (TPSA) is 95.6 Å². The minimum Gasteiger partial charge on any atom is -0.343 e. The van der Waals surface area contributed by atoms with Crippen LogP contribution in [0.5, 0.6) is 0 Å². The summed E-state index contributed by atoms with van der Waals surface area (Å²) in [6, 6.07) is 13.0. The monoisotopic (exact) mass is 407 g/mol. The summed E-state index contributed by atoms with van der Waals surface area (Å²) in [4.78, 5) is 25.3. The van der Waals surface area contributed by atoms with Gasteiger partial charge in [-0.15, -0.1) is 11.8 Å². The van der Waals surface area contributed by atoms with E-state index in [4.69, 9.17) is 0 Å². The van der Waals surface area contributed by atoms with Crippen LogP contribution in [0, 0.1) is 0 Å². The molecule has 0 saturated heterocycles. The van der Waals surface area contributed by atoms with E-state index in [1.165, 1.54) is 38.4 Å². The molecule has 0 saturated carbocycles. The fourth-order valence-corrected chi connectivity index (χ4v) is 3.58. The first-order valence-corrected chi connectivity index (χ1v) is 10.6. The van der Waals surface area contributed by atoms with Gasteiger partial charge in [-0.1, -0.05) is 12.1 Å². The molecule has 9 heteroatoms. The fourth-order valence-electron chi connectivity index (χ4n) is 2.18. The highest BCUT2D eigenvalue weighted by atomic mass is 32.2. The van der Waals surface area contributed by atoms with Gasteiger partial charge in [-0.2, -0.15) is 0 Å². The number of hydrogen-bond donors (Lipinski definition) is 2. The molecule has 0 bridgehead atoms. The van der Waals surface area contributed by atoms with Gasteiger partial charge in [-0.05, 0) is 42.7 Å². The number of amides is 2. The summed E-state index contributed by atoms with van der Waals surface area (Å²) in [7, 11) is -0.809. The Morgan fingerprint density at radius 2 is 1.78 bits per heavy atom. The van der Waals surface area contributed by atoms with Gasteiger partial charge in [-0.25, -0.2) is 12.7 Å². The fraction of sp³-hybridized carbons (Fsp3) is 0.222. The molecule has 0 spiro atoms. The average Bonchev–Trinajstić information content (AvgIpc) is 2.66. The zero-order valence-electron chi connectivity index (χ0n) is 15.2. The van der Waals surface area contributed by atoms with Crippen LogP contribution in [0.25, 0.3) is 0 Å². The molecule has 0 aliphatic rings. The predicted molar refractivity (Wildman–Crippen MR) is 107 cm³/mol. The maximum Gasteiger partial charge on any atom is 0.251 e. The first kappa shape index (κ1) is 20.9. The highest BCUT2D eigenvalue weighted by Gasteiger charge is 2.19. The Labute approximate surface area is 163 Å². The second-order valence-electron chi connectivity index (χ2n) is 5.78. The molecule has 2 amide bonds. The van der Waals surface area contributed by atoms with E-state index in [1.807, 2.05) is 24.5 Å². The van der Waals surface area contributed by atoms with Gasteiger partial charge < -0.3 is 10.6 Å². The predicted octanol–water partition coefficient (Wildman–Crippen LogP) is 2.03. The molecular formula is C18H21N3O4S2. The third-order valence-corrected chi connectivity index (χ3v) is 6.17. The molecule has 0 atom stereocenters. The SMILES string of the molecule is CSc1cccc(NC(=O)CNC(=O)c2cccc(S(=O)(=O)N(C)C)c2)c1. The summed E-state index contributed by atoms with van der Waals surface area (Å²) < 4.78 is 25.4. The molecule has 2 aromatic rings. The average molecular weight is 408 g/mol. The largest absolute Gasteiger partial charge is 0.343 e. The van der Waals surface area contributed by atoms with Crippen LogP contribution in [-0.4, -0.2) is 51.4 Å². The van der Waals surface area contributed by atoms with Crippen molar-refractivity contribution in [2.75, 3.05) is 32.2 Å². The number of carbonyl (C=O) groups is 2. The normalized spacial score (nSPS) is 11.3. The van der Waals surface area contributed by atoms with Crippen molar-refractivity contribution in [3.8, 4) is 0 Å². The van der Waals surface area contributed by atoms with Gasteiger partial charge in [0.15, 0.2) is 0 Å². The second kappa shape index (κ2) is 9.03. The second-order valence-corrected chi connectivity index (χ2v) is 8.81. The Bertz CT molecular complexity index is 943. The molecule has 2 rings (SSSR count). The molecule has 0 fully saturated rings. The third-order valence-electron chi connectivity index (χ3n) is 3.64. The zero-order valence-corrected chi connectivity index (χ0v) is 16.9.